The molecule has 1 aliphatic rings. The minimum absolute atomic E-state index is 0.0259. The highest BCUT2D eigenvalue weighted by Gasteiger charge is 2.19. The van der Waals surface area contributed by atoms with E-state index in [4.69, 9.17) is 4.74 Å². The highest BCUT2D eigenvalue weighted by Crippen LogP contribution is 2.22. The molecule has 0 radical (unpaired) electrons. The van der Waals surface area contributed by atoms with Crippen LogP contribution in [0.4, 0.5) is 0 Å². The molecule has 0 atom stereocenters. The van der Waals surface area contributed by atoms with Crippen molar-refractivity contribution in [2.24, 2.45) is 0 Å². The Morgan fingerprint density at radius 2 is 1.95 bits per heavy atom. The number of benzene rings is 1. The molecule has 104 valence electrons. The Morgan fingerprint density at radius 3 is 2.58 bits per heavy atom. The third-order valence-electron chi connectivity index (χ3n) is 3.55. The van der Waals surface area contributed by atoms with Gasteiger partial charge in [-0.3, -0.25) is 4.79 Å². The number of ether oxygens (including phenoxy) is 1. The number of carbonyl (C=O) groups is 1. The predicted molar refractivity (Wildman–Crippen MR) is 76.4 cm³/mol. The van der Waals surface area contributed by atoms with Crippen LogP contribution in [-0.4, -0.2) is 25.2 Å². The molecule has 1 aromatic rings. The van der Waals surface area contributed by atoms with Gasteiger partial charge < -0.3 is 10.1 Å². The number of rotatable bonds is 2. The van der Waals surface area contributed by atoms with Gasteiger partial charge in [0.1, 0.15) is 0 Å². The second-order valence-electron chi connectivity index (χ2n) is 6.19. The van der Waals surface area contributed by atoms with Crippen LogP contribution in [0.25, 0.3) is 0 Å². The van der Waals surface area contributed by atoms with E-state index < -0.39 is 0 Å². The Morgan fingerprint density at radius 1 is 1.26 bits per heavy atom. The zero-order valence-electron chi connectivity index (χ0n) is 12.0. The zero-order chi connectivity index (χ0) is 13.9. The van der Waals surface area contributed by atoms with Crippen molar-refractivity contribution < 1.29 is 9.53 Å². The summed E-state index contributed by atoms with van der Waals surface area (Å²) in [6.45, 7) is 7.95. The van der Waals surface area contributed by atoms with Gasteiger partial charge in [-0.2, -0.15) is 0 Å². The largest absolute Gasteiger partial charge is 0.381 e. The quantitative estimate of drug-likeness (QED) is 0.889. The van der Waals surface area contributed by atoms with Crippen LogP contribution in [0.1, 0.15) is 49.5 Å². The molecule has 0 unspecified atom stereocenters. The monoisotopic (exact) mass is 261 g/mol. The van der Waals surface area contributed by atoms with E-state index in [2.05, 4.69) is 32.2 Å². The lowest BCUT2D eigenvalue weighted by Gasteiger charge is -2.24. The van der Waals surface area contributed by atoms with Crippen molar-refractivity contribution in [1.29, 1.82) is 0 Å². The van der Waals surface area contributed by atoms with Gasteiger partial charge in [-0.05, 0) is 36.0 Å². The number of carbonyl (C=O) groups excluding carboxylic acids is 1. The molecule has 1 aromatic carbocycles. The van der Waals surface area contributed by atoms with Gasteiger partial charge in [0, 0.05) is 24.8 Å². The van der Waals surface area contributed by atoms with E-state index in [1.807, 2.05) is 18.2 Å². The van der Waals surface area contributed by atoms with Crippen molar-refractivity contribution in [3.8, 4) is 0 Å². The summed E-state index contributed by atoms with van der Waals surface area (Å²) in [7, 11) is 0. The summed E-state index contributed by atoms with van der Waals surface area (Å²) >= 11 is 0. The maximum Gasteiger partial charge on any atom is 0.251 e. The minimum Gasteiger partial charge on any atom is -0.381 e. The Hall–Kier alpha value is -1.35. The Balaban J connectivity index is 2.06. The van der Waals surface area contributed by atoms with Gasteiger partial charge >= 0.3 is 0 Å². The molecular weight excluding hydrogens is 238 g/mol. The van der Waals surface area contributed by atoms with Crippen LogP contribution in [0.5, 0.6) is 0 Å². The van der Waals surface area contributed by atoms with Crippen molar-refractivity contribution in [2.45, 2.75) is 45.1 Å². The van der Waals surface area contributed by atoms with Crippen molar-refractivity contribution in [1.82, 2.24) is 5.32 Å². The lowest BCUT2D eigenvalue weighted by molar-refractivity contribution is 0.0696. The fourth-order valence-corrected chi connectivity index (χ4v) is 2.24. The first-order chi connectivity index (χ1) is 8.97. The summed E-state index contributed by atoms with van der Waals surface area (Å²) in [5.74, 6) is 0.0259. The summed E-state index contributed by atoms with van der Waals surface area (Å²) < 4.78 is 5.30. The summed E-state index contributed by atoms with van der Waals surface area (Å²) in [5, 5.41) is 3.09. The van der Waals surface area contributed by atoms with E-state index in [0.29, 0.717) is 0 Å². The molecule has 2 rings (SSSR count). The van der Waals surface area contributed by atoms with E-state index in [9.17, 15) is 4.79 Å². The van der Waals surface area contributed by atoms with Crippen molar-refractivity contribution >= 4 is 5.91 Å². The fourth-order valence-electron chi connectivity index (χ4n) is 2.24. The first kappa shape index (κ1) is 14.1. The second-order valence-corrected chi connectivity index (χ2v) is 6.19. The SMILES string of the molecule is CC(C)(C)c1cccc(C(=O)NC2CCOCC2)c1. The fraction of sp³-hybridized carbons (Fsp3) is 0.562. The standard InChI is InChI=1S/C16H23NO2/c1-16(2,3)13-6-4-5-12(11-13)15(18)17-14-7-9-19-10-8-14/h4-6,11,14H,7-10H2,1-3H3,(H,17,18). The summed E-state index contributed by atoms with van der Waals surface area (Å²) in [4.78, 5) is 12.2. The van der Waals surface area contributed by atoms with Crippen LogP contribution in [-0.2, 0) is 10.2 Å². The van der Waals surface area contributed by atoms with Gasteiger partial charge in [0.05, 0.1) is 0 Å². The molecule has 0 spiro atoms. The molecule has 1 aliphatic heterocycles. The third kappa shape index (κ3) is 3.80. The number of nitrogens with one attached hydrogen (secondary N) is 1. The van der Waals surface area contributed by atoms with Gasteiger partial charge in [-0.1, -0.05) is 32.9 Å². The highest BCUT2D eigenvalue weighted by molar-refractivity contribution is 5.94. The van der Waals surface area contributed by atoms with Crippen LogP contribution in [0.2, 0.25) is 0 Å². The molecule has 1 heterocycles. The number of hydrogen-bond acceptors (Lipinski definition) is 2. The van der Waals surface area contributed by atoms with Gasteiger partial charge in [-0.25, -0.2) is 0 Å². The van der Waals surface area contributed by atoms with Gasteiger partial charge in [0.2, 0.25) is 0 Å². The summed E-state index contributed by atoms with van der Waals surface area (Å²) in [6, 6.07) is 8.16. The topological polar surface area (TPSA) is 38.3 Å². The van der Waals surface area contributed by atoms with E-state index in [1.165, 1.54) is 5.56 Å². The van der Waals surface area contributed by atoms with Crippen LogP contribution >= 0.6 is 0 Å². The highest BCUT2D eigenvalue weighted by atomic mass is 16.5. The Labute approximate surface area is 115 Å². The maximum atomic E-state index is 12.2. The van der Waals surface area contributed by atoms with E-state index in [-0.39, 0.29) is 17.4 Å². The Bertz CT molecular complexity index is 442. The van der Waals surface area contributed by atoms with Crippen LogP contribution in [0, 0.1) is 0 Å². The molecule has 3 heteroatoms. The third-order valence-corrected chi connectivity index (χ3v) is 3.55. The van der Waals surface area contributed by atoms with E-state index in [1.54, 1.807) is 0 Å². The molecule has 0 aromatic heterocycles. The summed E-state index contributed by atoms with van der Waals surface area (Å²) in [5.41, 5.74) is 2.00. The lowest BCUT2D eigenvalue weighted by Crippen LogP contribution is -2.38. The average molecular weight is 261 g/mol. The molecule has 0 aliphatic carbocycles. The minimum atomic E-state index is 0.0259. The molecular formula is C16H23NO2. The lowest BCUT2D eigenvalue weighted by atomic mass is 9.86. The van der Waals surface area contributed by atoms with Crippen molar-refractivity contribution in [3.63, 3.8) is 0 Å². The smallest absolute Gasteiger partial charge is 0.251 e. The number of hydrogen-bond donors (Lipinski definition) is 1. The molecule has 1 N–H and O–H groups in total. The van der Waals surface area contributed by atoms with E-state index in [0.717, 1.165) is 31.6 Å². The molecule has 1 fully saturated rings. The van der Waals surface area contributed by atoms with Crippen LogP contribution in [0.3, 0.4) is 0 Å². The van der Waals surface area contributed by atoms with Gasteiger partial charge in [0.15, 0.2) is 0 Å². The predicted octanol–water partition coefficient (Wildman–Crippen LogP) is 2.89. The van der Waals surface area contributed by atoms with Crippen molar-refractivity contribution in [3.05, 3.63) is 35.4 Å². The molecule has 1 saturated heterocycles. The summed E-state index contributed by atoms with van der Waals surface area (Å²) in [6.07, 6.45) is 1.81. The van der Waals surface area contributed by atoms with Crippen LogP contribution in [0.15, 0.2) is 24.3 Å². The molecule has 0 bridgehead atoms. The number of amides is 1. The second kappa shape index (κ2) is 5.74. The molecule has 3 nitrogen and oxygen atoms in total. The van der Waals surface area contributed by atoms with E-state index >= 15 is 0 Å². The molecule has 1 amide bonds. The van der Waals surface area contributed by atoms with Crippen molar-refractivity contribution in [2.75, 3.05) is 13.2 Å². The zero-order valence-corrected chi connectivity index (χ0v) is 12.0. The maximum absolute atomic E-state index is 12.2. The Kier molecular flexibility index (Phi) is 4.25. The first-order valence-corrected chi connectivity index (χ1v) is 6.96. The first-order valence-electron chi connectivity index (χ1n) is 6.96. The van der Waals surface area contributed by atoms with Gasteiger partial charge in [-0.15, -0.1) is 0 Å². The van der Waals surface area contributed by atoms with Gasteiger partial charge in [0.25, 0.3) is 5.91 Å². The molecule has 0 saturated carbocycles. The van der Waals surface area contributed by atoms with Crippen LogP contribution < -0.4 is 5.32 Å². The normalized spacial score (nSPS) is 17.2. The molecule has 19 heavy (non-hydrogen) atoms. The average Bonchev–Trinajstić information content (AvgIpc) is 2.39.